The van der Waals surface area contributed by atoms with E-state index < -0.39 is 11.7 Å². The van der Waals surface area contributed by atoms with Gasteiger partial charge in [0.1, 0.15) is 12.1 Å². The van der Waals surface area contributed by atoms with E-state index in [4.69, 9.17) is 23.2 Å². The van der Waals surface area contributed by atoms with Crippen LogP contribution >= 0.6 is 35.1 Å². The van der Waals surface area contributed by atoms with Gasteiger partial charge in [0.05, 0.1) is 16.3 Å². The molecule has 1 aliphatic rings. The Balaban J connectivity index is 0.000000429. The molecule has 3 aromatic carbocycles. The number of aldehydes is 1. The van der Waals surface area contributed by atoms with Crippen LogP contribution in [0.25, 0.3) is 0 Å². The maximum atomic E-state index is 14.5. The number of carbonyl (C=O) groups excluding carboxylic acids is 2. The van der Waals surface area contributed by atoms with Gasteiger partial charge < -0.3 is 14.9 Å². The third-order valence-electron chi connectivity index (χ3n) is 6.75. The molecule has 1 saturated heterocycles. The number of halogens is 3. The van der Waals surface area contributed by atoms with Crippen LogP contribution in [0.1, 0.15) is 100 Å². The molecule has 0 aliphatic carbocycles. The van der Waals surface area contributed by atoms with Crippen LogP contribution in [0.4, 0.5) is 21.5 Å². The molecule has 4 rings (SSSR count). The van der Waals surface area contributed by atoms with Gasteiger partial charge in [0, 0.05) is 41.3 Å². The number of hydrogen-bond donors (Lipinski definition) is 2. The Morgan fingerprint density at radius 3 is 2.22 bits per heavy atom. The highest BCUT2D eigenvalue weighted by Crippen LogP contribution is 2.29. The second kappa shape index (κ2) is 24.2. The van der Waals surface area contributed by atoms with Crippen LogP contribution in [0.5, 0.6) is 0 Å². The first-order chi connectivity index (χ1) is 22.1. The summed E-state index contributed by atoms with van der Waals surface area (Å²) in [5.41, 5.74) is 4.06. The predicted molar refractivity (Wildman–Crippen MR) is 201 cm³/mol. The van der Waals surface area contributed by atoms with E-state index in [1.807, 2.05) is 6.92 Å². The van der Waals surface area contributed by atoms with Crippen LogP contribution in [0.3, 0.4) is 0 Å². The van der Waals surface area contributed by atoms with Crippen molar-refractivity contribution in [2.75, 3.05) is 34.3 Å². The molecule has 5 nitrogen and oxygen atoms in total. The minimum Gasteiger partial charge on any atom is -0.387 e. The first kappa shape index (κ1) is 41.0. The number of unbranched alkanes of at least 4 members (excludes halogenated alkanes) is 3. The zero-order valence-electron chi connectivity index (χ0n) is 28.1. The van der Waals surface area contributed by atoms with E-state index in [1.165, 1.54) is 50.2 Å². The molecule has 1 fully saturated rings. The van der Waals surface area contributed by atoms with E-state index in [0.29, 0.717) is 27.0 Å². The molecule has 252 valence electrons. The van der Waals surface area contributed by atoms with Crippen molar-refractivity contribution in [1.29, 1.82) is 0 Å². The van der Waals surface area contributed by atoms with Gasteiger partial charge in [-0.3, -0.25) is 9.59 Å². The van der Waals surface area contributed by atoms with Crippen molar-refractivity contribution in [3.63, 3.8) is 0 Å². The van der Waals surface area contributed by atoms with Crippen molar-refractivity contribution in [1.82, 2.24) is 0 Å². The fourth-order valence-corrected chi connectivity index (χ4v) is 5.38. The molecule has 1 heterocycles. The number of nitrogens with zero attached hydrogens (tertiary/aromatic N) is 1. The van der Waals surface area contributed by atoms with E-state index >= 15 is 0 Å². The van der Waals surface area contributed by atoms with E-state index in [1.54, 1.807) is 73.6 Å². The number of anilines is 3. The number of benzene rings is 3. The molecule has 0 atom stereocenters. The summed E-state index contributed by atoms with van der Waals surface area (Å²) in [4.78, 5) is 22.5. The van der Waals surface area contributed by atoms with E-state index in [0.717, 1.165) is 30.7 Å². The number of carbonyl (C=O) groups is 2. The van der Waals surface area contributed by atoms with Crippen LogP contribution in [-0.2, 0) is 0 Å². The van der Waals surface area contributed by atoms with Crippen molar-refractivity contribution in [2.24, 2.45) is 0 Å². The molecule has 9 heteroatoms. The largest absolute Gasteiger partial charge is 0.387 e. The average Bonchev–Trinajstić information content (AvgIpc) is 3.35. The molecule has 0 unspecified atom stereocenters. The standard InChI is InChI=1S/C19H21ClFN3OS.C7H5ClO.C6H14.C5H10/c1-22-18-11-13(5-8-16(18)20)23-19(25)15-7-6-14(12-17(15)21)24-9-3-2-4-10-26-24;8-7-3-1-2-6(4-7)5-9;1-3-5-6-4-2;1-4-5(2)3/h5-8,11-12,22H,2-4,9-10H2,1H3,(H,23,25);1-5H;3-6H2,1-2H3;4H,1-3H3. The zero-order chi connectivity index (χ0) is 34.3. The average molecular weight is 691 g/mol. The second-order valence-electron chi connectivity index (χ2n) is 10.8. The number of nitrogens with one attached hydrogen (secondary N) is 2. The van der Waals surface area contributed by atoms with Gasteiger partial charge in [0.15, 0.2) is 0 Å². The van der Waals surface area contributed by atoms with Crippen molar-refractivity contribution in [3.05, 3.63) is 99.3 Å². The lowest BCUT2D eigenvalue weighted by atomic mass is 10.1. The van der Waals surface area contributed by atoms with Gasteiger partial charge in [0.2, 0.25) is 0 Å². The molecule has 46 heavy (non-hydrogen) atoms. The molecule has 1 amide bonds. The first-order valence-electron chi connectivity index (χ1n) is 15.9. The summed E-state index contributed by atoms with van der Waals surface area (Å²) in [5, 5.41) is 6.81. The number of amides is 1. The van der Waals surface area contributed by atoms with Gasteiger partial charge in [-0.25, -0.2) is 4.39 Å². The van der Waals surface area contributed by atoms with Crippen molar-refractivity contribution in [2.45, 2.75) is 79.6 Å². The molecule has 1 aliphatic heterocycles. The lowest BCUT2D eigenvalue weighted by Gasteiger charge is -2.21. The normalized spacial score (nSPS) is 12.0. The van der Waals surface area contributed by atoms with Gasteiger partial charge in [-0.1, -0.05) is 92.9 Å². The third kappa shape index (κ3) is 16.5. The molecule has 2 N–H and O–H groups in total. The summed E-state index contributed by atoms with van der Waals surface area (Å²) >= 11 is 13.3. The summed E-state index contributed by atoms with van der Waals surface area (Å²) in [6.45, 7) is 11.6. The van der Waals surface area contributed by atoms with Crippen molar-refractivity contribution < 1.29 is 14.0 Å². The summed E-state index contributed by atoms with van der Waals surface area (Å²) in [7, 11) is 1.74. The highest BCUT2D eigenvalue weighted by Gasteiger charge is 2.17. The second-order valence-corrected chi connectivity index (χ2v) is 12.8. The topological polar surface area (TPSA) is 61.4 Å². The van der Waals surface area contributed by atoms with E-state index in [-0.39, 0.29) is 5.56 Å². The van der Waals surface area contributed by atoms with E-state index in [2.05, 4.69) is 48.7 Å². The van der Waals surface area contributed by atoms with Crippen LogP contribution < -0.4 is 14.9 Å². The molecular formula is C37H50Cl2FN3O2S. The summed E-state index contributed by atoms with van der Waals surface area (Å²) in [6.07, 6.45) is 11.9. The molecule has 0 saturated carbocycles. The number of rotatable bonds is 8. The maximum absolute atomic E-state index is 14.5. The minimum absolute atomic E-state index is 0.0227. The first-order valence-corrected chi connectivity index (χ1v) is 17.6. The summed E-state index contributed by atoms with van der Waals surface area (Å²) in [6, 6.07) is 16.7. The molecule has 3 aromatic rings. The Labute approximate surface area is 290 Å². The molecule has 0 aromatic heterocycles. The summed E-state index contributed by atoms with van der Waals surface area (Å²) < 4.78 is 16.6. The molecule has 0 bridgehead atoms. The molecule has 0 radical (unpaired) electrons. The fraction of sp³-hybridized carbons (Fsp3) is 0.405. The number of allylic oxidation sites excluding steroid dienone is 2. The fourth-order valence-electron chi connectivity index (χ4n) is 3.89. The lowest BCUT2D eigenvalue weighted by molar-refractivity contribution is 0.102. The SMILES string of the molecule is CC=C(C)C.CCCCCC.CNc1cc(NC(=O)c2ccc(N3CCCCCS3)cc2F)ccc1Cl.O=Cc1cccc(Cl)c1. The van der Waals surface area contributed by atoms with E-state index in [9.17, 15) is 14.0 Å². The Hall–Kier alpha value is -3.00. The maximum Gasteiger partial charge on any atom is 0.258 e. The highest BCUT2D eigenvalue weighted by atomic mass is 35.5. The predicted octanol–water partition coefficient (Wildman–Crippen LogP) is 12.1. The highest BCUT2D eigenvalue weighted by molar-refractivity contribution is 8.00. The smallest absolute Gasteiger partial charge is 0.258 e. The van der Waals surface area contributed by atoms with Crippen LogP contribution in [0.2, 0.25) is 10.0 Å². The van der Waals surface area contributed by atoms with Gasteiger partial charge in [0.25, 0.3) is 5.91 Å². The Kier molecular flexibility index (Phi) is 21.6. The monoisotopic (exact) mass is 689 g/mol. The van der Waals surface area contributed by atoms with Crippen LogP contribution in [-0.4, -0.2) is 31.5 Å². The summed E-state index contributed by atoms with van der Waals surface area (Å²) in [5.74, 6) is 0.0309. The quantitative estimate of drug-likeness (QED) is 0.107. The van der Waals surface area contributed by atoms with Crippen LogP contribution in [0, 0.1) is 5.82 Å². The van der Waals surface area contributed by atoms with Gasteiger partial charge in [-0.15, -0.1) is 0 Å². The lowest BCUT2D eigenvalue weighted by Crippen LogP contribution is -2.17. The van der Waals surface area contributed by atoms with Crippen LogP contribution in [0.15, 0.2) is 72.3 Å². The minimum atomic E-state index is -0.521. The van der Waals surface area contributed by atoms with Crippen molar-refractivity contribution >= 4 is 64.4 Å². The van der Waals surface area contributed by atoms with Gasteiger partial charge in [-0.2, -0.15) is 0 Å². The Bertz CT molecular complexity index is 1350. The Morgan fingerprint density at radius 1 is 0.978 bits per heavy atom. The Morgan fingerprint density at radius 2 is 1.67 bits per heavy atom. The molecular weight excluding hydrogens is 640 g/mol. The molecule has 0 spiro atoms. The van der Waals surface area contributed by atoms with Gasteiger partial charge in [-0.05, 0) is 94.1 Å². The van der Waals surface area contributed by atoms with Gasteiger partial charge >= 0.3 is 0 Å². The number of hydrogen-bond acceptors (Lipinski definition) is 5. The van der Waals surface area contributed by atoms with Crippen molar-refractivity contribution in [3.8, 4) is 0 Å². The zero-order valence-corrected chi connectivity index (χ0v) is 30.4. The third-order valence-corrected chi connectivity index (χ3v) is 8.49.